The first-order valence-corrected chi connectivity index (χ1v) is 8.84. The zero-order valence-electron chi connectivity index (χ0n) is 9.70. The molecule has 96 valence electrons. The van der Waals surface area contributed by atoms with Crippen LogP contribution >= 0.6 is 27.3 Å². The number of hydrogen-bond acceptors (Lipinski definition) is 3. The van der Waals surface area contributed by atoms with E-state index in [1.807, 2.05) is 6.92 Å². The molecule has 1 aromatic rings. The SMILES string of the molecule is Cc1cc(S(=O)(=O)NCCCC2CC2)sc1Br. The van der Waals surface area contributed by atoms with Crippen LogP contribution in [0.1, 0.15) is 31.2 Å². The number of aryl methyl sites for hydroxylation is 1. The number of nitrogens with one attached hydrogen (secondary N) is 1. The fourth-order valence-corrected chi connectivity index (χ4v) is 4.98. The smallest absolute Gasteiger partial charge is 0.210 e. The van der Waals surface area contributed by atoms with Crippen molar-refractivity contribution in [3.05, 3.63) is 15.4 Å². The summed E-state index contributed by atoms with van der Waals surface area (Å²) < 4.78 is 27.8. The number of rotatable bonds is 6. The molecule has 1 aliphatic rings. The quantitative estimate of drug-likeness (QED) is 0.809. The molecule has 6 heteroatoms. The standard InChI is InChI=1S/C11H16BrNO2S2/c1-8-7-10(16-11(8)12)17(14,15)13-6-2-3-9-4-5-9/h7,9,13H,2-6H2,1H3. The van der Waals surface area contributed by atoms with Crippen molar-refractivity contribution in [2.75, 3.05) is 6.54 Å². The van der Waals surface area contributed by atoms with Crippen LogP contribution in [-0.4, -0.2) is 15.0 Å². The van der Waals surface area contributed by atoms with Crippen molar-refractivity contribution in [3.63, 3.8) is 0 Å². The van der Waals surface area contributed by atoms with Gasteiger partial charge in [-0.1, -0.05) is 12.8 Å². The summed E-state index contributed by atoms with van der Waals surface area (Å²) in [6.07, 6.45) is 4.73. The lowest BCUT2D eigenvalue weighted by Gasteiger charge is -2.03. The van der Waals surface area contributed by atoms with Gasteiger partial charge in [0.25, 0.3) is 0 Å². The summed E-state index contributed by atoms with van der Waals surface area (Å²) in [5.74, 6) is 0.859. The zero-order chi connectivity index (χ0) is 12.5. The number of halogens is 1. The van der Waals surface area contributed by atoms with Gasteiger partial charge in [-0.25, -0.2) is 13.1 Å². The maximum absolute atomic E-state index is 11.9. The summed E-state index contributed by atoms with van der Waals surface area (Å²) in [4.78, 5) is 0. The Hall–Kier alpha value is 0.0900. The summed E-state index contributed by atoms with van der Waals surface area (Å²) >= 11 is 4.61. The topological polar surface area (TPSA) is 46.2 Å². The van der Waals surface area contributed by atoms with Gasteiger partial charge in [0.15, 0.2) is 0 Å². The highest BCUT2D eigenvalue weighted by Gasteiger charge is 2.21. The second-order valence-corrected chi connectivity index (χ2v) is 8.87. The van der Waals surface area contributed by atoms with Crippen LogP contribution in [0.15, 0.2) is 14.1 Å². The van der Waals surface area contributed by atoms with Crippen LogP contribution in [0.5, 0.6) is 0 Å². The van der Waals surface area contributed by atoms with Gasteiger partial charge in [0.05, 0.1) is 3.79 Å². The summed E-state index contributed by atoms with van der Waals surface area (Å²) in [5.41, 5.74) is 0.966. The summed E-state index contributed by atoms with van der Waals surface area (Å²) in [5, 5.41) is 0. The molecule has 0 aliphatic heterocycles. The van der Waals surface area contributed by atoms with Gasteiger partial charge < -0.3 is 0 Å². The van der Waals surface area contributed by atoms with E-state index in [4.69, 9.17) is 0 Å². The van der Waals surface area contributed by atoms with E-state index in [0.717, 1.165) is 28.1 Å². The third-order valence-electron chi connectivity index (χ3n) is 2.88. The maximum Gasteiger partial charge on any atom is 0.250 e. The molecule has 1 saturated carbocycles. The van der Waals surface area contributed by atoms with Gasteiger partial charge in [-0.15, -0.1) is 11.3 Å². The van der Waals surface area contributed by atoms with Crippen LogP contribution in [0.3, 0.4) is 0 Å². The first-order chi connectivity index (χ1) is 7.99. The molecule has 0 saturated heterocycles. The molecule has 2 rings (SSSR count). The van der Waals surface area contributed by atoms with Crippen molar-refractivity contribution in [1.82, 2.24) is 4.72 Å². The van der Waals surface area contributed by atoms with Gasteiger partial charge in [-0.3, -0.25) is 0 Å². The molecule has 1 fully saturated rings. The van der Waals surface area contributed by atoms with E-state index < -0.39 is 10.0 Å². The minimum absolute atomic E-state index is 0.397. The van der Waals surface area contributed by atoms with Crippen LogP contribution in [0.25, 0.3) is 0 Å². The molecule has 17 heavy (non-hydrogen) atoms. The summed E-state index contributed by atoms with van der Waals surface area (Å²) in [7, 11) is -3.30. The Bertz CT molecular complexity index is 472. The fraction of sp³-hybridized carbons (Fsp3) is 0.636. The van der Waals surface area contributed by atoms with E-state index in [2.05, 4.69) is 20.7 Å². The fourth-order valence-electron chi connectivity index (χ4n) is 1.64. The molecule has 0 amide bonds. The summed E-state index contributed by atoms with van der Waals surface area (Å²) in [6.45, 7) is 2.44. The van der Waals surface area contributed by atoms with Crippen molar-refractivity contribution < 1.29 is 8.42 Å². The normalized spacial score (nSPS) is 16.4. The van der Waals surface area contributed by atoms with Gasteiger partial charge in [-0.2, -0.15) is 0 Å². The second-order valence-electron chi connectivity index (χ2n) is 4.51. The first kappa shape index (κ1) is 13.5. The van der Waals surface area contributed by atoms with E-state index in [9.17, 15) is 8.42 Å². The van der Waals surface area contributed by atoms with Crippen LogP contribution in [-0.2, 0) is 10.0 Å². The molecule has 0 aromatic carbocycles. The molecule has 0 unspecified atom stereocenters. The molecule has 1 N–H and O–H groups in total. The Balaban J connectivity index is 1.88. The summed E-state index contributed by atoms with van der Waals surface area (Å²) in [6, 6.07) is 1.71. The van der Waals surface area contributed by atoms with E-state index in [0.29, 0.717) is 10.8 Å². The maximum atomic E-state index is 11.9. The molecular formula is C11H16BrNO2S2. The van der Waals surface area contributed by atoms with Crippen LogP contribution < -0.4 is 4.72 Å². The Kier molecular flexibility index (Phi) is 4.28. The van der Waals surface area contributed by atoms with Crippen LogP contribution in [0.2, 0.25) is 0 Å². The molecule has 3 nitrogen and oxygen atoms in total. The average Bonchev–Trinajstić information content (AvgIpc) is 3.01. The van der Waals surface area contributed by atoms with Gasteiger partial charge in [0.1, 0.15) is 4.21 Å². The third kappa shape index (κ3) is 3.77. The molecule has 0 radical (unpaired) electrons. The number of sulfonamides is 1. The highest BCUT2D eigenvalue weighted by molar-refractivity contribution is 9.11. The van der Waals surface area contributed by atoms with E-state index in [-0.39, 0.29) is 0 Å². The van der Waals surface area contributed by atoms with Crippen molar-refractivity contribution in [2.45, 2.75) is 36.8 Å². The van der Waals surface area contributed by atoms with Crippen molar-refractivity contribution >= 4 is 37.3 Å². The van der Waals surface area contributed by atoms with Crippen LogP contribution in [0, 0.1) is 12.8 Å². The Labute approximate surface area is 115 Å². The van der Waals surface area contributed by atoms with Gasteiger partial charge in [0, 0.05) is 6.54 Å². The van der Waals surface area contributed by atoms with E-state index in [1.54, 1.807) is 6.07 Å². The van der Waals surface area contributed by atoms with Gasteiger partial charge in [-0.05, 0) is 53.2 Å². The second kappa shape index (κ2) is 5.38. The van der Waals surface area contributed by atoms with Gasteiger partial charge in [0.2, 0.25) is 10.0 Å². The predicted molar refractivity (Wildman–Crippen MR) is 73.9 cm³/mol. The molecule has 0 atom stereocenters. The highest BCUT2D eigenvalue weighted by atomic mass is 79.9. The molecule has 1 aliphatic carbocycles. The lowest BCUT2D eigenvalue weighted by atomic mass is 10.2. The monoisotopic (exact) mass is 337 g/mol. The first-order valence-electron chi connectivity index (χ1n) is 5.74. The number of thiophene rings is 1. The molecule has 0 spiro atoms. The minimum atomic E-state index is -3.30. The molecular weight excluding hydrogens is 322 g/mol. The van der Waals surface area contributed by atoms with E-state index in [1.165, 1.54) is 24.2 Å². The Morgan fingerprint density at radius 3 is 2.76 bits per heavy atom. The number of hydrogen-bond donors (Lipinski definition) is 1. The Morgan fingerprint density at radius 1 is 1.53 bits per heavy atom. The molecule has 1 aromatic heterocycles. The highest BCUT2D eigenvalue weighted by Crippen LogP contribution is 2.33. The lowest BCUT2D eigenvalue weighted by Crippen LogP contribution is -2.24. The average molecular weight is 338 g/mol. The van der Waals surface area contributed by atoms with Crippen molar-refractivity contribution in [1.29, 1.82) is 0 Å². The largest absolute Gasteiger partial charge is 0.250 e. The zero-order valence-corrected chi connectivity index (χ0v) is 12.9. The van der Waals surface area contributed by atoms with Gasteiger partial charge >= 0.3 is 0 Å². The van der Waals surface area contributed by atoms with E-state index >= 15 is 0 Å². The van der Waals surface area contributed by atoms with Crippen molar-refractivity contribution in [3.8, 4) is 0 Å². The third-order valence-corrected chi connectivity index (χ3v) is 6.95. The lowest BCUT2D eigenvalue weighted by molar-refractivity contribution is 0.574. The van der Waals surface area contributed by atoms with Crippen LogP contribution in [0.4, 0.5) is 0 Å². The molecule has 0 bridgehead atoms. The predicted octanol–water partition coefficient (Wildman–Crippen LogP) is 3.29. The Morgan fingerprint density at radius 2 is 2.24 bits per heavy atom. The molecule has 1 heterocycles. The van der Waals surface area contributed by atoms with Crippen molar-refractivity contribution in [2.24, 2.45) is 5.92 Å². The minimum Gasteiger partial charge on any atom is -0.210 e.